The third-order valence-electron chi connectivity index (χ3n) is 5.00. The number of piperidine rings is 1. The molecule has 1 aromatic carbocycles. The number of hydrogen-bond donors (Lipinski definition) is 1. The van der Waals surface area contributed by atoms with Crippen LogP contribution < -0.4 is 0 Å². The normalized spacial score (nSPS) is 17.4. The number of nitrogens with zero attached hydrogens (tertiary/aromatic N) is 1. The maximum Gasteiger partial charge on any atom is 0.252 e. The van der Waals surface area contributed by atoms with Crippen molar-refractivity contribution in [2.24, 2.45) is 0 Å². The van der Waals surface area contributed by atoms with Gasteiger partial charge >= 0.3 is 0 Å². The highest BCUT2D eigenvalue weighted by atomic mass is 32.2. The molecule has 6 heteroatoms. The van der Waals surface area contributed by atoms with Crippen LogP contribution in [0.4, 0.5) is 0 Å². The molecule has 0 atom stereocenters. The average molecular weight is 375 g/mol. The van der Waals surface area contributed by atoms with Crippen molar-refractivity contribution >= 4 is 32.3 Å². The lowest BCUT2D eigenvalue weighted by molar-refractivity contribution is 0.318. The Morgan fingerprint density at radius 2 is 1.84 bits per heavy atom. The SMILES string of the molecule is Cc1ccc2[nH]c(C3CCN(S(=O)(=O)c4ccc(C)s4)CC3)cc2c1. The van der Waals surface area contributed by atoms with E-state index in [0.717, 1.165) is 23.2 Å². The summed E-state index contributed by atoms with van der Waals surface area (Å²) in [5.74, 6) is 0.393. The van der Waals surface area contributed by atoms with Gasteiger partial charge in [0.25, 0.3) is 10.0 Å². The van der Waals surface area contributed by atoms with Crippen LogP contribution in [0, 0.1) is 13.8 Å². The van der Waals surface area contributed by atoms with Gasteiger partial charge < -0.3 is 4.98 Å². The molecule has 25 heavy (non-hydrogen) atoms. The third-order valence-corrected chi connectivity index (χ3v) is 8.37. The Balaban J connectivity index is 1.50. The predicted molar refractivity (Wildman–Crippen MR) is 103 cm³/mol. The summed E-state index contributed by atoms with van der Waals surface area (Å²) in [6, 6.07) is 12.2. The van der Waals surface area contributed by atoms with Crippen molar-refractivity contribution in [3.8, 4) is 0 Å². The highest BCUT2D eigenvalue weighted by molar-refractivity contribution is 7.91. The van der Waals surface area contributed by atoms with Gasteiger partial charge in [0.1, 0.15) is 4.21 Å². The standard InChI is InChI=1S/C19H22N2O2S2/c1-13-3-5-17-16(11-13)12-18(20-17)15-7-9-21(10-8-15)25(22,23)19-6-4-14(2)24-19/h3-6,11-12,15,20H,7-10H2,1-2H3. The number of fused-ring (bicyclic) bond motifs is 1. The number of hydrogen-bond acceptors (Lipinski definition) is 3. The molecule has 4 rings (SSSR count). The van der Waals surface area contributed by atoms with E-state index in [-0.39, 0.29) is 0 Å². The van der Waals surface area contributed by atoms with Gasteiger partial charge in [-0.1, -0.05) is 11.6 Å². The molecular weight excluding hydrogens is 352 g/mol. The number of aromatic nitrogens is 1. The Labute approximate surface area is 152 Å². The maximum atomic E-state index is 12.8. The molecule has 3 heterocycles. The molecule has 0 radical (unpaired) electrons. The third kappa shape index (κ3) is 3.14. The van der Waals surface area contributed by atoms with Gasteiger partial charge in [-0.25, -0.2) is 8.42 Å². The van der Waals surface area contributed by atoms with Crippen LogP contribution in [0.2, 0.25) is 0 Å². The molecular formula is C19H22N2O2S2. The summed E-state index contributed by atoms with van der Waals surface area (Å²) in [6.07, 6.45) is 1.71. The molecule has 1 fully saturated rings. The van der Waals surface area contributed by atoms with E-state index in [9.17, 15) is 8.42 Å². The van der Waals surface area contributed by atoms with Crippen LogP contribution >= 0.6 is 11.3 Å². The molecule has 4 nitrogen and oxygen atoms in total. The summed E-state index contributed by atoms with van der Waals surface area (Å²) in [5.41, 5.74) is 3.64. The van der Waals surface area contributed by atoms with Crippen molar-refractivity contribution in [1.82, 2.24) is 9.29 Å². The lowest BCUT2D eigenvalue weighted by Gasteiger charge is -2.30. The van der Waals surface area contributed by atoms with Gasteiger partial charge in [-0.2, -0.15) is 4.31 Å². The lowest BCUT2D eigenvalue weighted by atomic mass is 9.95. The zero-order valence-corrected chi connectivity index (χ0v) is 16.1. The second-order valence-corrected chi connectivity index (χ2v) is 10.3. The fraction of sp³-hybridized carbons (Fsp3) is 0.368. The van der Waals surface area contributed by atoms with E-state index in [4.69, 9.17) is 0 Å². The lowest BCUT2D eigenvalue weighted by Crippen LogP contribution is -2.37. The number of thiophene rings is 1. The first kappa shape index (κ1) is 16.8. The van der Waals surface area contributed by atoms with Gasteiger partial charge in [0.05, 0.1) is 0 Å². The number of sulfonamides is 1. The number of aryl methyl sites for hydroxylation is 2. The van der Waals surface area contributed by atoms with Gasteiger partial charge in [-0.15, -0.1) is 11.3 Å². The number of rotatable bonds is 3. The molecule has 1 saturated heterocycles. The monoisotopic (exact) mass is 374 g/mol. The summed E-state index contributed by atoms with van der Waals surface area (Å²) in [7, 11) is -3.34. The maximum absolute atomic E-state index is 12.8. The van der Waals surface area contributed by atoms with Crippen LogP contribution in [0.25, 0.3) is 10.9 Å². The molecule has 1 aliphatic rings. The van der Waals surface area contributed by atoms with Crippen LogP contribution in [-0.2, 0) is 10.0 Å². The van der Waals surface area contributed by atoms with Gasteiger partial charge in [-0.05, 0) is 62.4 Å². The molecule has 132 valence electrons. The number of benzene rings is 1. The highest BCUT2D eigenvalue weighted by Crippen LogP contribution is 2.33. The number of aromatic amines is 1. The average Bonchev–Trinajstić information content (AvgIpc) is 3.21. The van der Waals surface area contributed by atoms with Crippen LogP contribution in [0.5, 0.6) is 0 Å². The minimum absolute atomic E-state index is 0.393. The summed E-state index contributed by atoms with van der Waals surface area (Å²) < 4.78 is 27.6. The fourth-order valence-corrected chi connectivity index (χ4v) is 6.49. The molecule has 1 aliphatic heterocycles. The minimum atomic E-state index is -3.34. The fourth-order valence-electron chi connectivity index (χ4n) is 3.58. The Morgan fingerprint density at radius 1 is 1.08 bits per heavy atom. The van der Waals surface area contributed by atoms with Crippen LogP contribution in [0.1, 0.15) is 34.9 Å². The minimum Gasteiger partial charge on any atom is -0.358 e. The zero-order valence-electron chi connectivity index (χ0n) is 14.5. The molecule has 0 bridgehead atoms. The molecule has 3 aromatic rings. The topological polar surface area (TPSA) is 53.2 Å². The molecule has 1 N–H and O–H groups in total. The van der Waals surface area contributed by atoms with Crippen molar-refractivity contribution in [2.45, 2.75) is 36.8 Å². The van der Waals surface area contributed by atoms with Crippen LogP contribution in [-0.4, -0.2) is 30.8 Å². The zero-order chi connectivity index (χ0) is 17.6. The van der Waals surface area contributed by atoms with Crippen molar-refractivity contribution in [3.05, 3.63) is 52.5 Å². The Bertz CT molecular complexity index is 1010. The molecule has 0 amide bonds. The summed E-state index contributed by atoms with van der Waals surface area (Å²) in [6.45, 7) is 5.20. The first-order valence-corrected chi connectivity index (χ1v) is 10.8. The van der Waals surface area contributed by atoms with E-state index in [1.165, 1.54) is 28.0 Å². The first-order chi connectivity index (χ1) is 11.9. The Hall–Kier alpha value is -1.63. The molecule has 2 aromatic heterocycles. The summed E-state index contributed by atoms with van der Waals surface area (Å²) in [4.78, 5) is 4.54. The Morgan fingerprint density at radius 3 is 2.52 bits per heavy atom. The molecule has 0 spiro atoms. The van der Waals surface area contributed by atoms with Gasteiger partial charge in [-0.3, -0.25) is 0 Å². The van der Waals surface area contributed by atoms with E-state index in [2.05, 4.69) is 36.2 Å². The van der Waals surface area contributed by atoms with E-state index < -0.39 is 10.0 Å². The van der Waals surface area contributed by atoms with Crippen molar-refractivity contribution in [2.75, 3.05) is 13.1 Å². The van der Waals surface area contributed by atoms with Gasteiger partial charge in [0, 0.05) is 35.1 Å². The second kappa shape index (κ2) is 6.27. The van der Waals surface area contributed by atoms with E-state index in [1.807, 2.05) is 13.0 Å². The predicted octanol–water partition coefficient (Wildman–Crippen LogP) is 4.41. The molecule has 0 aliphatic carbocycles. The quantitative estimate of drug-likeness (QED) is 0.738. The van der Waals surface area contributed by atoms with Crippen molar-refractivity contribution < 1.29 is 8.42 Å². The summed E-state index contributed by atoms with van der Waals surface area (Å²) >= 11 is 1.35. The smallest absolute Gasteiger partial charge is 0.252 e. The van der Waals surface area contributed by atoms with Gasteiger partial charge in [0.15, 0.2) is 0 Å². The van der Waals surface area contributed by atoms with E-state index in [1.54, 1.807) is 10.4 Å². The summed E-state index contributed by atoms with van der Waals surface area (Å²) in [5, 5.41) is 1.24. The Kier molecular flexibility index (Phi) is 4.22. The first-order valence-electron chi connectivity index (χ1n) is 8.59. The molecule has 0 unspecified atom stereocenters. The van der Waals surface area contributed by atoms with E-state index in [0.29, 0.717) is 23.2 Å². The second-order valence-electron chi connectivity index (χ2n) is 6.86. The van der Waals surface area contributed by atoms with Crippen molar-refractivity contribution in [3.63, 3.8) is 0 Å². The largest absolute Gasteiger partial charge is 0.358 e. The van der Waals surface area contributed by atoms with Crippen molar-refractivity contribution in [1.29, 1.82) is 0 Å². The highest BCUT2D eigenvalue weighted by Gasteiger charge is 2.31. The van der Waals surface area contributed by atoms with Crippen LogP contribution in [0.3, 0.4) is 0 Å². The van der Waals surface area contributed by atoms with E-state index >= 15 is 0 Å². The molecule has 0 saturated carbocycles. The van der Waals surface area contributed by atoms with Crippen LogP contribution in [0.15, 0.2) is 40.6 Å². The number of H-pyrrole nitrogens is 1. The van der Waals surface area contributed by atoms with Gasteiger partial charge in [0.2, 0.25) is 0 Å². The number of nitrogens with one attached hydrogen (secondary N) is 1.